The van der Waals surface area contributed by atoms with Gasteiger partial charge in [-0.2, -0.15) is 0 Å². The number of benzene rings is 1. The first-order valence-electron chi connectivity index (χ1n) is 9.15. The van der Waals surface area contributed by atoms with Crippen molar-refractivity contribution < 1.29 is 19.1 Å². The molecule has 0 aromatic heterocycles. The van der Waals surface area contributed by atoms with Crippen LogP contribution in [-0.2, 0) is 14.3 Å². The lowest BCUT2D eigenvalue weighted by Crippen LogP contribution is -2.50. The van der Waals surface area contributed by atoms with Crippen molar-refractivity contribution in [3.63, 3.8) is 0 Å². The predicted molar refractivity (Wildman–Crippen MR) is 98.8 cm³/mol. The van der Waals surface area contributed by atoms with Gasteiger partial charge in [0.2, 0.25) is 5.91 Å². The van der Waals surface area contributed by atoms with Crippen LogP contribution in [0.2, 0.25) is 0 Å². The molecule has 2 aliphatic heterocycles. The number of hydrogen-bond acceptors (Lipinski definition) is 5. The Kier molecular flexibility index (Phi) is 6.41. The third-order valence-corrected chi connectivity index (χ3v) is 4.92. The van der Waals surface area contributed by atoms with Crippen LogP contribution in [0.25, 0.3) is 6.08 Å². The quantitative estimate of drug-likeness (QED) is 0.593. The van der Waals surface area contributed by atoms with Crippen LogP contribution in [0.1, 0.15) is 28.8 Å². The summed E-state index contributed by atoms with van der Waals surface area (Å²) in [5.41, 5.74) is 1.38. The zero-order valence-corrected chi connectivity index (χ0v) is 15.2. The molecule has 1 aromatic rings. The molecule has 2 fully saturated rings. The molecule has 3 rings (SSSR count). The molecule has 1 amide bonds. The molecule has 140 valence electrons. The number of methoxy groups -OCH3 is 1. The Bertz CT molecular complexity index is 642. The van der Waals surface area contributed by atoms with Crippen molar-refractivity contribution in [1.29, 1.82) is 0 Å². The molecule has 26 heavy (non-hydrogen) atoms. The molecule has 1 unspecified atom stereocenters. The Morgan fingerprint density at radius 1 is 1.19 bits per heavy atom. The first-order chi connectivity index (χ1) is 12.7. The summed E-state index contributed by atoms with van der Waals surface area (Å²) >= 11 is 0. The van der Waals surface area contributed by atoms with Crippen LogP contribution in [0.3, 0.4) is 0 Å². The third-order valence-electron chi connectivity index (χ3n) is 4.92. The number of carbonyl (C=O) groups is 2. The minimum Gasteiger partial charge on any atom is -0.465 e. The number of piperazine rings is 1. The van der Waals surface area contributed by atoms with E-state index in [1.807, 2.05) is 4.90 Å². The first-order valence-corrected chi connectivity index (χ1v) is 9.15. The number of amides is 1. The SMILES string of the molecule is COC(=O)c1ccc(C=CC(=O)N2CCN(CC3CCCO3)CC2)cc1. The lowest BCUT2D eigenvalue weighted by atomic mass is 10.1. The average Bonchev–Trinajstić information content (AvgIpc) is 3.19. The molecule has 6 heteroatoms. The van der Waals surface area contributed by atoms with E-state index in [2.05, 4.69) is 9.64 Å². The van der Waals surface area contributed by atoms with Gasteiger partial charge in [0.15, 0.2) is 0 Å². The summed E-state index contributed by atoms with van der Waals surface area (Å²) in [5.74, 6) is -0.337. The normalized spacial score (nSPS) is 21.3. The fourth-order valence-corrected chi connectivity index (χ4v) is 3.35. The Morgan fingerprint density at radius 3 is 2.54 bits per heavy atom. The van der Waals surface area contributed by atoms with E-state index >= 15 is 0 Å². The second-order valence-corrected chi connectivity index (χ2v) is 6.71. The predicted octanol–water partition coefficient (Wildman–Crippen LogP) is 1.81. The summed E-state index contributed by atoms with van der Waals surface area (Å²) in [6.45, 7) is 5.15. The highest BCUT2D eigenvalue weighted by atomic mass is 16.5. The van der Waals surface area contributed by atoms with Crippen LogP contribution in [0.5, 0.6) is 0 Å². The maximum atomic E-state index is 12.4. The topological polar surface area (TPSA) is 59.1 Å². The summed E-state index contributed by atoms with van der Waals surface area (Å²) in [7, 11) is 1.36. The van der Waals surface area contributed by atoms with E-state index in [0.717, 1.165) is 57.7 Å². The number of nitrogens with zero attached hydrogens (tertiary/aromatic N) is 2. The summed E-state index contributed by atoms with van der Waals surface area (Å²) in [4.78, 5) is 28.0. The van der Waals surface area contributed by atoms with Crippen LogP contribution in [0.4, 0.5) is 0 Å². The molecule has 0 aliphatic carbocycles. The van der Waals surface area contributed by atoms with E-state index in [-0.39, 0.29) is 11.9 Å². The van der Waals surface area contributed by atoms with Gasteiger partial charge in [-0.3, -0.25) is 9.69 Å². The zero-order valence-electron chi connectivity index (χ0n) is 15.2. The molecule has 2 heterocycles. The van der Waals surface area contributed by atoms with Crippen molar-refractivity contribution in [2.24, 2.45) is 0 Å². The lowest BCUT2D eigenvalue weighted by Gasteiger charge is -2.35. The maximum Gasteiger partial charge on any atom is 0.337 e. The van der Waals surface area contributed by atoms with Crippen molar-refractivity contribution in [3.8, 4) is 0 Å². The number of ether oxygens (including phenoxy) is 2. The standard InChI is InChI=1S/C20H26N2O4/c1-25-20(24)17-7-4-16(5-8-17)6-9-19(23)22-12-10-21(11-13-22)15-18-3-2-14-26-18/h4-9,18H,2-3,10-15H2,1H3. The molecule has 1 aromatic carbocycles. The van der Waals surface area contributed by atoms with Gasteiger partial charge in [-0.1, -0.05) is 12.1 Å². The highest BCUT2D eigenvalue weighted by molar-refractivity contribution is 5.92. The van der Waals surface area contributed by atoms with Crippen LogP contribution in [-0.4, -0.2) is 74.2 Å². The second-order valence-electron chi connectivity index (χ2n) is 6.71. The maximum absolute atomic E-state index is 12.4. The molecule has 0 spiro atoms. The van der Waals surface area contributed by atoms with E-state index in [1.165, 1.54) is 7.11 Å². The first kappa shape index (κ1) is 18.6. The minimum absolute atomic E-state index is 0.0267. The van der Waals surface area contributed by atoms with Gasteiger partial charge in [-0.15, -0.1) is 0 Å². The number of carbonyl (C=O) groups excluding carboxylic acids is 2. The van der Waals surface area contributed by atoms with Gasteiger partial charge in [-0.25, -0.2) is 4.79 Å². The Morgan fingerprint density at radius 2 is 1.92 bits per heavy atom. The summed E-state index contributed by atoms with van der Waals surface area (Å²) in [6.07, 6.45) is 6.06. The smallest absolute Gasteiger partial charge is 0.337 e. The van der Waals surface area contributed by atoms with E-state index in [4.69, 9.17) is 4.74 Å². The van der Waals surface area contributed by atoms with Crippen LogP contribution < -0.4 is 0 Å². The monoisotopic (exact) mass is 358 g/mol. The molecule has 0 bridgehead atoms. The molecule has 0 radical (unpaired) electrons. The van der Waals surface area contributed by atoms with Crippen LogP contribution in [0, 0.1) is 0 Å². The summed E-state index contributed by atoms with van der Waals surface area (Å²) in [6, 6.07) is 6.99. The number of hydrogen-bond donors (Lipinski definition) is 0. The average molecular weight is 358 g/mol. The number of rotatable bonds is 5. The Balaban J connectivity index is 1.46. The van der Waals surface area contributed by atoms with Gasteiger partial charge >= 0.3 is 5.97 Å². The Hall–Kier alpha value is -2.18. The van der Waals surface area contributed by atoms with Gasteiger partial charge in [0, 0.05) is 45.4 Å². The fraction of sp³-hybridized carbons (Fsp3) is 0.500. The van der Waals surface area contributed by atoms with Crippen LogP contribution in [0.15, 0.2) is 30.3 Å². The second kappa shape index (κ2) is 8.96. The highest BCUT2D eigenvalue weighted by Crippen LogP contribution is 2.15. The fourth-order valence-electron chi connectivity index (χ4n) is 3.35. The number of esters is 1. The molecular formula is C20H26N2O4. The van der Waals surface area contributed by atoms with Crippen molar-refractivity contribution in [3.05, 3.63) is 41.5 Å². The highest BCUT2D eigenvalue weighted by Gasteiger charge is 2.24. The van der Waals surface area contributed by atoms with E-state index in [0.29, 0.717) is 11.7 Å². The molecule has 6 nitrogen and oxygen atoms in total. The molecule has 0 saturated carbocycles. The van der Waals surface area contributed by atoms with Gasteiger partial charge in [0.1, 0.15) is 0 Å². The minimum atomic E-state index is -0.363. The van der Waals surface area contributed by atoms with E-state index in [9.17, 15) is 9.59 Å². The van der Waals surface area contributed by atoms with Crippen molar-refractivity contribution in [2.45, 2.75) is 18.9 Å². The van der Waals surface area contributed by atoms with Crippen LogP contribution >= 0.6 is 0 Å². The van der Waals surface area contributed by atoms with Crippen molar-refractivity contribution in [1.82, 2.24) is 9.80 Å². The van der Waals surface area contributed by atoms with Crippen molar-refractivity contribution in [2.75, 3.05) is 46.4 Å². The third kappa shape index (κ3) is 4.93. The van der Waals surface area contributed by atoms with Gasteiger partial charge < -0.3 is 14.4 Å². The van der Waals surface area contributed by atoms with Gasteiger partial charge in [-0.05, 0) is 36.6 Å². The van der Waals surface area contributed by atoms with E-state index in [1.54, 1.807) is 36.4 Å². The molecule has 2 saturated heterocycles. The van der Waals surface area contributed by atoms with Crippen molar-refractivity contribution >= 4 is 18.0 Å². The molecule has 1 atom stereocenters. The van der Waals surface area contributed by atoms with Gasteiger partial charge in [0.05, 0.1) is 18.8 Å². The summed E-state index contributed by atoms with van der Waals surface area (Å²) < 4.78 is 10.4. The van der Waals surface area contributed by atoms with E-state index < -0.39 is 0 Å². The Labute approximate surface area is 154 Å². The zero-order chi connectivity index (χ0) is 18.4. The van der Waals surface area contributed by atoms with Gasteiger partial charge in [0.25, 0.3) is 0 Å². The molecule has 0 N–H and O–H groups in total. The lowest BCUT2D eigenvalue weighted by molar-refractivity contribution is -0.127. The summed E-state index contributed by atoms with van der Waals surface area (Å²) in [5, 5.41) is 0. The molecular weight excluding hydrogens is 332 g/mol. The molecule has 2 aliphatic rings. The largest absolute Gasteiger partial charge is 0.465 e.